The van der Waals surface area contributed by atoms with E-state index in [1.54, 1.807) is 0 Å². The van der Waals surface area contributed by atoms with Crippen LogP contribution < -0.4 is 0 Å². The molecule has 1 spiro atoms. The van der Waals surface area contributed by atoms with Gasteiger partial charge in [-0.3, -0.25) is 0 Å². The lowest BCUT2D eigenvalue weighted by atomic mass is 9.91. The molecule has 2 aliphatic heterocycles. The van der Waals surface area contributed by atoms with Crippen LogP contribution in [0.25, 0.3) is 16.8 Å². The molecule has 2 aliphatic rings. The number of quaternary nitrogens is 1. The van der Waals surface area contributed by atoms with E-state index < -0.39 is 0 Å². The maximum atomic E-state index is 11.8. The summed E-state index contributed by atoms with van der Waals surface area (Å²) < 4.78 is 0.568. The minimum atomic E-state index is 0.508. The lowest BCUT2D eigenvalue weighted by Crippen LogP contribution is -2.47. The molecule has 0 aromatic heterocycles. The minimum absolute atomic E-state index is 0.508. The molecule has 0 radical (unpaired) electrons. The van der Waals surface area contributed by atoms with Crippen molar-refractivity contribution in [3.05, 3.63) is 114 Å². The zero-order valence-corrected chi connectivity index (χ0v) is 16.6. The molecule has 1 N–H and O–H groups in total. The maximum absolute atomic E-state index is 11.8. The molecule has 5 rings (SSSR count). The summed E-state index contributed by atoms with van der Waals surface area (Å²) in [6.45, 7) is 1.89. The molecule has 2 nitrogen and oxygen atoms in total. The second kappa shape index (κ2) is 7.38. The van der Waals surface area contributed by atoms with Crippen LogP contribution in [-0.4, -0.2) is 22.7 Å². The predicted molar refractivity (Wildman–Crippen MR) is 120 cm³/mol. The van der Waals surface area contributed by atoms with Gasteiger partial charge in [-0.25, -0.2) is 4.48 Å². The molecule has 0 amide bonds. The van der Waals surface area contributed by atoms with E-state index >= 15 is 0 Å². The van der Waals surface area contributed by atoms with Crippen molar-refractivity contribution in [2.24, 2.45) is 0 Å². The van der Waals surface area contributed by atoms with Gasteiger partial charge in [-0.15, -0.1) is 0 Å². The average Bonchev–Trinajstić information content (AvgIpc) is 3.04. The number of aliphatic hydroxyl groups is 1. The van der Waals surface area contributed by atoms with E-state index in [1.807, 2.05) is 6.07 Å². The molecular formula is C27H26NO+. The van der Waals surface area contributed by atoms with Crippen LogP contribution in [-0.2, 0) is 0 Å². The quantitative estimate of drug-likeness (QED) is 0.515. The van der Waals surface area contributed by atoms with Crippen molar-refractivity contribution in [1.82, 2.24) is 0 Å². The fourth-order valence-corrected chi connectivity index (χ4v) is 5.00. The molecule has 29 heavy (non-hydrogen) atoms. The van der Waals surface area contributed by atoms with E-state index in [4.69, 9.17) is 0 Å². The Hall–Kier alpha value is -3.10. The molecule has 2 heterocycles. The SMILES string of the molecule is OC1=C(c2ccccc2)C(c2ccccc2)=C(c2ccccc2)[N+]12CCCCC2. The number of rotatable bonds is 3. The van der Waals surface area contributed by atoms with Gasteiger partial charge >= 0.3 is 5.88 Å². The number of hydrogen-bond donors (Lipinski definition) is 1. The van der Waals surface area contributed by atoms with Crippen molar-refractivity contribution in [2.45, 2.75) is 19.3 Å². The Bertz CT molecular complexity index is 1060. The Morgan fingerprint density at radius 1 is 0.517 bits per heavy atom. The fourth-order valence-electron chi connectivity index (χ4n) is 5.00. The van der Waals surface area contributed by atoms with Gasteiger partial charge in [0.2, 0.25) is 0 Å². The first-order chi connectivity index (χ1) is 14.3. The molecule has 1 saturated heterocycles. The largest absolute Gasteiger partial charge is 0.467 e. The molecule has 0 aliphatic carbocycles. The highest BCUT2D eigenvalue weighted by atomic mass is 16.3. The van der Waals surface area contributed by atoms with Gasteiger partial charge in [-0.1, -0.05) is 78.9 Å². The van der Waals surface area contributed by atoms with Crippen molar-refractivity contribution in [3.63, 3.8) is 0 Å². The second-order valence-electron chi connectivity index (χ2n) is 8.00. The molecule has 0 saturated carbocycles. The zero-order valence-electron chi connectivity index (χ0n) is 16.6. The Labute approximate surface area is 172 Å². The standard InChI is InChI=1S/C27H25NO/c29-27-25(22-15-7-2-8-16-22)24(21-13-5-1-6-14-21)26(23-17-9-3-10-18-23)28(27)19-11-4-12-20-28/h1-3,5-10,13-18H,4,11-12,19-20H2/p+1. The van der Waals surface area contributed by atoms with Gasteiger partial charge in [-0.05, 0) is 42.5 Å². The summed E-state index contributed by atoms with van der Waals surface area (Å²) in [5, 5.41) is 11.8. The van der Waals surface area contributed by atoms with Crippen LogP contribution in [0.4, 0.5) is 0 Å². The predicted octanol–water partition coefficient (Wildman–Crippen LogP) is 6.50. The summed E-state index contributed by atoms with van der Waals surface area (Å²) in [5.41, 5.74) is 6.84. The van der Waals surface area contributed by atoms with Crippen LogP contribution in [0.2, 0.25) is 0 Å². The molecule has 0 unspecified atom stereocenters. The third-order valence-electron chi connectivity index (χ3n) is 6.30. The summed E-state index contributed by atoms with van der Waals surface area (Å²) in [4.78, 5) is 0. The lowest BCUT2D eigenvalue weighted by Gasteiger charge is -2.38. The van der Waals surface area contributed by atoms with Crippen LogP contribution in [0.5, 0.6) is 0 Å². The number of hydrogen-bond acceptors (Lipinski definition) is 1. The van der Waals surface area contributed by atoms with E-state index in [0.29, 0.717) is 10.4 Å². The number of benzene rings is 3. The number of nitrogens with zero attached hydrogens (tertiary/aromatic N) is 1. The van der Waals surface area contributed by atoms with E-state index in [2.05, 4.69) is 84.9 Å². The van der Waals surface area contributed by atoms with Gasteiger partial charge in [0.15, 0.2) is 5.70 Å². The molecule has 144 valence electrons. The second-order valence-corrected chi connectivity index (χ2v) is 8.00. The first-order valence-corrected chi connectivity index (χ1v) is 10.5. The summed E-state index contributed by atoms with van der Waals surface area (Å²) in [5.74, 6) is 0.508. The zero-order chi connectivity index (χ0) is 19.7. The summed E-state index contributed by atoms with van der Waals surface area (Å²) in [6.07, 6.45) is 3.49. The molecule has 2 heteroatoms. The van der Waals surface area contributed by atoms with E-state index in [-0.39, 0.29) is 0 Å². The Morgan fingerprint density at radius 2 is 0.966 bits per heavy atom. The van der Waals surface area contributed by atoms with Crippen LogP contribution in [0, 0.1) is 0 Å². The highest BCUT2D eigenvalue weighted by Gasteiger charge is 2.50. The highest BCUT2D eigenvalue weighted by Crippen LogP contribution is 2.53. The van der Waals surface area contributed by atoms with Crippen LogP contribution in [0.15, 0.2) is 96.9 Å². The third-order valence-corrected chi connectivity index (χ3v) is 6.30. The molecule has 3 aromatic carbocycles. The van der Waals surface area contributed by atoms with Gasteiger partial charge in [0, 0.05) is 5.56 Å². The fraction of sp³-hybridized carbons (Fsp3) is 0.185. The summed E-state index contributed by atoms with van der Waals surface area (Å²) in [7, 11) is 0. The van der Waals surface area contributed by atoms with Crippen molar-refractivity contribution in [2.75, 3.05) is 13.1 Å². The molecule has 1 fully saturated rings. The smallest absolute Gasteiger partial charge is 0.303 e. The van der Waals surface area contributed by atoms with Gasteiger partial charge in [0.1, 0.15) is 0 Å². The summed E-state index contributed by atoms with van der Waals surface area (Å²) >= 11 is 0. The van der Waals surface area contributed by atoms with Gasteiger partial charge < -0.3 is 5.11 Å². The maximum Gasteiger partial charge on any atom is 0.303 e. The average molecular weight is 381 g/mol. The van der Waals surface area contributed by atoms with Gasteiger partial charge in [-0.2, -0.15) is 0 Å². The van der Waals surface area contributed by atoms with Crippen molar-refractivity contribution < 1.29 is 9.59 Å². The molecule has 3 aromatic rings. The number of aliphatic hydroxyl groups excluding tert-OH is 1. The molecular weight excluding hydrogens is 354 g/mol. The topological polar surface area (TPSA) is 20.2 Å². The first-order valence-electron chi connectivity index (χ1n) is 10.5. The first kappa shape index (κ1) is 18.0. The third kappa shape index (κ3) is 2.92. The van der Waals surface area contributed by atoms with E-state index in [1.165, 1.54) is 23.3 Å². The lowest BCUT2D eigenvalue weighted by molar-refractivity contribution is -0.839. The van der Waals surface area contributed by atoms with Crippen molar-refractivity contribution in [1.29, 1.82) is 0 Å². The van der Waals surface area contributed by atoms with Crippen molar-refractivity contribution in [3.8, 4) is 0 Å². The van der Waals surface area contributed by atoms with Gasteiger partial charge in [0.25, 0.3) is 0 Å². The van der Waals surface area contributed by atoms with Gasteiger partial charge in [0.05, 0.1) is 24.2 Å². The Morgan fingerprint density at radius 3 is 1.48 bits per heavy atom. The van der Waals surface area contributed by atoms with E-state index in [9.17, 15) is 5.11 Å². The minimum Gasteiger partial charge on any atom is -0.467 e. The number of allylic oxidation sites excluding steroid dienone is 2. The molecule has 0 bridgehead atoms. The van der Waals surface area contributed by atoms with Crippen LogP contribution in [0.1, 0.15) is 36.0 Å². The normalized spacial score (nSPS) is 18.5. The van der Waals surface area contributed by atoms with Crippen LogP contribution in [0.3, 0.4) is 0 Å². The Kier molecular flexibility index (Phi) is 4.57. The highest BCUT2D eigenvalue weighted by molar-refractivity contribution is 6.16. The van der Waals surface area contributed by atoms with Crippen LogP contribution >= 0.6 is 0 Å². The monoisotopic (exact) mass is 380 g/mol. The van der Waals surface area contributed by atoms with Crippen molar-refractivity contribution >= 4 is 16.8 Å². The summed E-state index contributed by atoms with van der Waals surface area (Å²) in [6, 6.07) is 31.6. The Balaban J connectivity index is 1.86. The van der Waals surface area contributed by atoms with E-state index in [0.717, 1.165) is 42.6 Å². The number of piperidine rings is 1. The molecule has 0 atom stereocenters.